The summed E-state index contributed by atoms with van der Waals surface area (Å²) in [5.41, 5.74) is 4.31. The van der Waals surface area contributed by atoms with Gasteiger partial charge in [0.15, 0.2) is 0 Å². The third-order valence-electron chi connectivity index (χ3n) is 4.59. The van der Waals surface area contributed by atoms with Crippen molar-refractivity contribution in [3.8, 4) is 5.75 Å². The van der Waals surface area contributed by atoms with E-state index in [2.05, 4.69) is 17.6 Å². The van der Waals surface area contributed by atoms with E-state index in [1.54, 1.807) is 0 Å². The monoisotopic (exact) mass is 246 g/mol. The molecule has 0 amide bonds. The Morgan fingerprint density at radius 2 is 1.94 bits per heavy atom. The van der Waals surface area contributed by atoms with Crippen molar-refractivity contribution in [3.05, 3.63) is 29.8 Å². The number of fused-ring (bicyclic) bond motifs is 1. The molecular weight excluding hydrogens is 224 g/mol. The third kappa shape index (κ3) is 2.02. The van der Waals surface area contributed by atoms with Crippen LogP contribution in [0.15, 0.2) is 24.3 Å². The zero-order valence-corrected chi connectivity index (χ0v) is 10.9. The van der Waals surface area contributed by atoms with E-state index < -0.39 is 0 Å². The minimum absolute atomic E-state index is 0.316. The summed E-state index contributed by atoms with van der Waals surface area (Å²) >= 11 is 0. The molecule has 0 radical (unpaired) electrons. The van der Waals surface area contributed by atoms with Gasteiger partial charge in [0.2, 0.25) is 0 Å². The molecule has 18 heavy (non-hydrogen) atoms. The van der Waals surface area contributed by atoms with Crippen molar-refractivity contribution in [3.63, 3.8) is 0 Å². The van der Waals surface area contributed by atoms with Crippen LogP contribution in [0.5, 0.6) is 5.75 Å². The van der Waals surface area contributed by atoms with Crippen LogP contribution >= 0.6 is 0 Å². The van der Waals surface area contributed by atoms with E-state index in [9.17, 15) is 0 Å². The van der Waals surface area contributed by atoms with Gasteiger partial charge in [0, 0.05) is 6.04 Å². The number of benzene rings is 1. The smallest absolute Gasteiger partial charge is 0.119 e. The van der Waals surface area contributed by atoms with Crippen LogP contribution in [-0.4, -0.2) is 6.61 Å². The summed E-state index contributed by atoms with van der Waals surface area (Å²) in [5, 5.41) is 0. The molecule has 0 aliphatic heterocycles. The number of hydrazine groups is 1. The zero-order valence-electron chi connectivity index (χ0n) is 10.9. The second kappa shape index (κ2) is 4.90. The zero-order chi connectivity index (χ0) is 12.5. The van der Waals surface area contributed by atoms with E-state index in [1.165, 1.54) is 24.8 Å². The summed E-state index contributed by atoms with van der Waals surface area (Å²) < 4.78 is 5.47. The van der Waals surface area contributed by atoms with Gasteiger partial charge in [-0.1, -0.05) is 18.6 Å². The standard InChI is InChI=1S/C15H22N2O/c1-2-18-11-8-6-10(7-9-11)15(17-16)14-12-4-3-5-13(12)14/h6-9,12-15,17H,2-5,16H2,1H3. The van der Waals surface area contributed by atoms with E-state index in [1.807, 2.05) is 19.1 Å². The Morgan fingerprint density at radius 1 is 1.28 bits per heavy atom. The molecule has 3 atom stereocenters. The first-order chi connectivity index (χ1) is 8.85. The lowest BCUT2D eigenvalue weighted by Crippen LogP contribution is -2.30. The summed E-state index contributed by atoms with van der Waals surface area (Å²) in [7, 11) is 0. The Morgan fingerprint density at radius 3 is 2.50 bits per heavy atom. The third-order valence-corrected chi connectivity index (χ3v) is 4.59. The fourth-order valence-electron chi connectivity index (χ4n) is 3.74. The number of ether oxygens (including phenoxy) is 1. The number of nitrogens with two attached hydrogens (primary N) is 1. The fraction of sp³-hybridized carbons (Fsp3) is 0.600. The molecule has 0 bridgehead atoms. The van der Waals surface area contributed by atoms with Gasteiger partial charge in [0.1, 0.15) is 5.75 Å². The summed E-state index contributed by atoms with van der Waals surface area (Å²) in [4.78, 5) is 0. The Labute approximate surface area is 109 Å². The second-order valence-corrected chi connectivity index (χ2v) is 5.48. The van der Waals surface area contributed by atoms with Gasteiger partial charge in [0.05, 0.1) is 6.61 Å². The molecule has 98 valence electrons. The van der Waals surface area contributed by atoms with Gasteiger partial charge in [-0.2, -0.15) is 0 Å². The Hall–Kier alpha value is -1.06. The predicted molar refractivity (Wildman–Crippen MR) is 72.0 cm³/mol. The highest BCUT2D eigenvalue weighted by molar-refractivity contribution is 5.31. The van der Waals surface area contributed by atoms with Crippen LogP contribution < -0.4 is 16.0 Å². The molecule has 0 spiro atoms. The van der Waals surface area contributed by atoms with Crippen LogP contribution in [0.3, 0.4) is 0 Å². The van der Waals surface area contributed by atoms with E-state index in [0.717, 1.165) is 23.5 Å². The van der Waals surface area contributed by atoms with Crippen LogP contribution in [0.1, 0.15) is 37.8 Å². The SMILES string of the molecule is CCOc1ccc(C(NN)C2C3CCCC32)cc1. The average molecular weight is 246 g/mol. The van der Waals surface area contributed by atoms with E-state index >= 15 is 0 Å². The summed E-state index contributed by atoms with van der Waals surface area (Å²) in [6.45, 7) is 2.72. The number of rotatable bonds is 5. The first-order valence-corrected chi connectivity index (χ1v) is 7.04. The molecule has 2 saturated carbocycles. The topological polar surface area (TPSA) is 47.3 Å². The van der Waals surface area contributed by atoms with Crippen LogP contribution in [0.4, 0.5) is 0 Å². The lowest BCUT2D eigenvalue weighted by atomic mass is 9.97. The van der Waals surface area contributed by atoms with Gasteiger partial charge in [-0.25, -0.2) is 0 Å². The Kier molecular flexibility index (Phi) is 3.27. The molecule has 3 rings (SSSR count). The summed E-state index contributed by atoms with van der Waals surface area (Å²) in [5.74, 6) is 9.28. The Balaban J connectivity index is 1.71. The van der Waals surface area contributed by atoms with Crippen molar-refractivity contribution in [2.75, 3.05) is 6.61 Å². The van der Waals surface area contributed by atoms with Crippen molar-refractivity contribution in [1.29, 1.82) is 0 Å². The number of hydrogen-bond acceptors (Lipinski definition) is 3. The molecule has 1 aromatic rings. The van der Waals surface area contributed by atoms with Crippen LogP contribution in [0.25, 0.3) is 0 Å². The summed E-state index contributed by atoms with van der Waals surface area (Å²) in [6.07, 6.45) is 4.20. The van der Waals surface area contributed by atoms with Crippen LogP contribution in [-0.2, 0) is 0 Å². The number of hydrogen-bond donors (Lipinski definition) is 2. The van der Waals surface area contributed by atoms with E-state index in [-0.39, 0.29) is 0 Å². The van der Waals surface area contributed by atoms with Gasteiger partial charge in [-0.05, 0) is 55.2 Å². The first-order valence-electron chi connectivity index (χ1n) is 7.04. The van der Waals surface area contributed by atoms with E-state index in [0.29, 0.717) is 12.6 Å². The summed E-state index contributed by atoms with van der Waals surface area (Å²) in [6, 6.07) is 8.69. The minimum Gasteiger partial charge on any atom is -0.494 e. The molecule has 2 fully saturated rings. The van der Waals surface area contributed by atoms with Crippen molar-refractivity contribution >= 4 is 0 Å². The maximum Gasteiger partial charge on any atom is 0.119 e. The molecule has 2 aliphatic carbocycles. The van der Waals surface area contributed by atoms with Gasteiger partial charge < -0.3 is 4.74 Å². The van der Waals surface area contributed by atoms with Crippen molar-refractivity contribution in [2.24, 2.45) is 23.6 Å². The lowest BCUT2D eigenvalue weighted by Gasteiger charge is -2.18. The van der Waals surface area contributed by atoms with Gasteiger partial charge in [-0.15, -0.1) is 0 Å². The van der Waals surface area contributed by atoms with Crippen LogP contribution in [0, 0.1) is 17.8 Å². The molecular formula is C15H22N2O. The highest BCUT2D eigenvalue weighted by Gasteiger charge is 2.55. The fourth-order valence-corrected chi connectivity index (χ4v) is 3.74. The van der Waals surface area contributed by atoms with Crippen LogP contribution in [0.2, 0.25) is 0 Å². The maximum atomic E-state index is 5.76. The van der Waals surface area contributed by atoms with Gasteiger partial charge in [0.25, 0.3) is 0 Å². The molecule has 0 aromatic heterocycles. The largest absolute Gasteiger partial charge is 0.494 e. The van der Waals surface area contributed by atoms with Crippen molar-refractivity contribution in [2.45, 2.75) is 32.2 Å². The molecule has 0 saturated heterocycles. The lowest BCUT2D eigenvalue weighted by molar-refractivity contribution is 0.339. The molecule has 3 N–H and O–H groups in total. The molecule has 3 unspecified atom stereocenters. The first kappa shape index (κ1) is 12.0. The van der Waals surface area contributed by atoms with Gasteiger partial charge >= 0.3 is 0 Å². The molecule has 3 heteroatoms. The molecule has 0 heterocycles. The highest BCUT2D eigenvalue weighted by atomic mass is 16.5. The quantitative estimate of drug-likeness (QED) is 0.620. The molecule has 1 aromatic carbocycles. The molecule has 3 nitrogen and oxygen atoms in total. The van der Waals surface area contributed by atoms with Crippen molar-refractivity contribution in [1.82, 2.24) is 5.43 Å². The highest BCUT2D eigenvalue weighted by Crippen LogP contribution is 2.62. The average Bonchev–Trinajstić information content (AvgIpc) is 2.86. The Bertz CT molecular complexity index is 393. The predicted octanol–water partition coefficient (Wildman–Crippen LogP) is 2.64. The van der Waals surface area contributed by atoms with Gasteiger partial charge in [-0.3, -0.25) is 11.3 Å². The minimum atomic E-state index is 0.316. The van der Waals surface area contributed by atoms with Crippen molar-refractivity contribution < 1.29 is 4.74 Å². The normalized spacial score (nSPS) is 30.9. The van der Waals surface area contributed by atoms with E-state index in [4.69, 9.17) is 10.6 Å². The second-order valence-electron chi connectivity index (χ2n) is 5.48. The molecule has 2 aliphatic rings. The maximum absolute atomic E-state index is 5.76. The number of nitrogens with one attached hydrogen (secondary N) is 1.